The van der Waals surface area contributed by atoms with Crippen LogP contribution >= 0.6 is 11.6 Å². The Morgan fingerprint density at radius 1 is 1.05 bits per heavy atom. The molecule has 5 rings (SSSR count). The summed E-state index contributed by atoms with van der Waals surface area (Å²) in [5.74, 6) is -0.131. The van der Waals surface area contributed by atoms with E-state index in [0.29, 0.717) is 5.02 Å². The highest BCUT2D eigenvalue weighted by Gasteiger charge is 2.44. The Kier molecular flexibility index (Phi) is 6.70. The summed E-state index contributed by atoms with van der Waals surface area (Å²) in [6, 6.07) is 8.16. The second-order valence-corrected chi connectivity index (χ2v) is 11.3. The number of carbonyl (C=O) groups excluding carboxylic acids is 2. The number of esters is 1. The molecular weight excluding hydrogens is 490 g/mol. The van der Waals surface area contributed by atoms with Crippen LogP contribution in [0.1, 0.15) is 40.0 Å². The van der Waals surface area contributed by atoms with E-state index < -0.39 is 5.60 Å². The van der Waals surface area contributed by atoms with Crippen molar-refractivity contribution in [2.75, 3.05) is 24.5 Å². The number of halogens is 1. The molecule has 1 amide bonds. The van der Waals surface area contributed by atoms with Crippen molar-refractivity contribution >= 4 is 29.2 Å². The van der Waals surface area contributed by atoms with E-state index in [2.05, 4.69) is 20.3 Å². The van der Waals surface area contributed by atoms with Gasteiger partial charge in [0.25, 0.3) is 0 Å². The Bertz CT molecular complexity index is 1300. The van der Waals surface area contributed by atoms with Crippen LogP contribution in [-0.4, -0.2) is 51.9 Å². The molecule has 3 aromatic rings. The van der Waals surface area contributed by atoms with Crippen molar-refractivity contribution in [1.82, 2.24) is 20.1 Å². The Morgan fingerprint density at radius 2 is 1.76 bits per heavy atom. The predicted octanol–water partition coefficient (Wildman–Crippen LogP) is 4.71. The standard InChI is InChI=1S/C28H32ClN5O3/c1-27(2,3)37-24(35)18-34-17-21(14-32-34)19-4-6-20(7-5-19)22-15-30-16-23(29)25(22)33-12-9-28(10-13-33)8-11-31-26(28)36/h4-7,14-17H,8-13,18H2,1-3H3,(H,31,36). The molecule has 2 aliphatic rings. The summed E-state index contributed by atoms with van der Waals surface area (Å²) in [6.07, 6.45) is 9.67. The number of ether oxygens (including phenoxy) is 1. The highest BCUT2D eigenvalue weighted by atomic mass is 35.5. The molecule has 0 bridgehead atoms. The Labute approximate surface area is 222 Å². The second kappa shape index (κ2) is 9.82. The number of pyridine rings is 1. The van der Waals surface area contributed by atoms with Gasteiger partial charge in [0.2, 0.25) is 5.91 Å². The first kappa shape index (κ1) is 25.3. The van der Waals surface area contributed by atoms with Crippen molar-refractivity contribution in [2.45, 2.75) is 52.2 Å². The number of nitrogens with one attached hydrogen (secondary N) is 1. The number of anilines is 1. The van der Waals surface area contributed by atoms with Crippen molar-refractivity contribution < 1.29 is 14.3 Å². The minimum Gasteiger partial charge on any atom is -0.459 e. The highest BCUT2D eigenvalue weighted by molar-refractivity contribution is 6.33. The van der Waals surface area contributed by atoms with Crippen molar-refractivity contribution in [3.63, 3.8) is 0 Å². The van der Waals surface area contributed by atoms with Gasteiger partial charge in [0, 0.05) is 49.4 Å². The second-order valence-electron chi connectivity index (χ2n) is 10.9. The number of benzene rings is 1. The molecule has 0 atom stereocenters. The summed E-state index contributed by atoms with van der Waals surface area (Å²) in [5, 5.41) is 7.93. The van der Waals surface area contributed by atoms with Crippen LogP contribution < -0.4 is 10.2 Å². The number of amides is 1. The zero-order valence-electron chi connectivity index (χ0n) is 21.5. The predicted molar refractivity (Wildman–Crippen MR) is 143 cm³/mol. The van der Waals surface area contributed by atoms with Gasteiger partial charge in [0.05, 0.1) is 22.3 Å². The van der Waals surface area contributed by atoms with Gasteiger partial charge in [-0.2, -0.15) is 5.10 Å². The first-order valence-corrected chi connectivity index (χ1v) is 13.0. The van der Waals surface area contributed by atoms with Crippen LogP contribution in [0.25, 0.3) is 22.3 Å². The van der Waals surface area contributed by atoms with Crippen LogP contribution in [0.4, 0.5) is 5.69 Å². The van der Waals surface area contributed by atoms with Gasteiger partial charge in [-0.3, -0.25) is 19.3 Å². The first-order chi connectivity index (χ1) is 17.6. The molecule has 9 heteroatoms. The summed E-state index contributed by atoms with van der Waals surface area (Å²) in [6.45, 7) is 7.92. The maximum absolute atomic E-state index is 12.4. The molecule has 2 aliphatic heterocycles. The van der Waals surface area contributed by atoms with Crippen LogP contribution in [0, 0.1) is 5.41 Å². The molecule has 1 N–H and O–H groups in total. The van der Waals surface area contributed by atoms with Crippen LogP contribution in [-0.2, 0) is 20.9 Å². The quantitative estimate of drug-likeness (QED) is 0.489. The van der Waals surface area contributed by atoms with Crippen molar-refractivity contribution in [3.8, 4) is 22.3 Å². The van der Waals surface area contributed by atoms with Gasteiger partial charge < -0.3 is 15.0 Å². The number of piperidine rings is 1. The van der Waals surface area contributed by atoms with Crippen LogP contribution in [0.5, 0.6) is 0 Å². The molecule has 2 saturated heterocycles. The maximum atomic E-state index is 12.4. The van der Waals surface area contributed by atoms with Gasteiger partial charge in [-0.25, -0.2) is 0 Å². The van der Waals surface area contributed by atoms with E-state index in [1.54, 1.807) is 17.1 Å². The lowest BCUT2D eigenvalue weighted by Gasteiger charge is -2.39. The molecular formula is C28H32ClN5O3. The summed E-state index contributed by atoms with van der Waals surface area (Å²) in [4.78, 5) is 31.2. The third-order valence-electron chi connectivity index (χ3n) is 7.15. The molecule has 194 valence electrons. The molecule has 37 heavy (non-hydrogen) atoms. The zero-order chi connectivity index (χ0) is 26.2. The number of hydrogen-bond donors (Lipinski definition) is 1. The molecule has 0 radical (unpaired) electrons. The molecule has 4 heterocycles. The number of nitrogens with zero attached hydrogens (tertiary/aromatic N) is 4. The molecule has 2 fully saturated rings. The molecule has 0 aliphatic carbocycles. The number of carbonyl (C=O) groups is 2. The lowest BCUT2D eigenvalue weighted by molar-refractivity contribution is -0.155. The first-order valence-electron chi connectivity index (χ1n) is 12.7. The van der Waals surface area contributed by atoms with E-state index in [9.17, 15) is 9.59 Å². The number of rotatable bonds is 5. The van der Waals surface area contributed by atoms with Gasteiger partial charge in [0.1, 0.15) is 12.1 Å². The zero-order valence-corrected chi connectivity index (χ0v) is 22.2. The van der Waals surface area contributed by atoms with Crippen LogP contribution in [0.15, 0.2) is 49.1 Å². The maximum Gasteiger partial charge on any atom is 0.328 e. The summed E-state index contributed by atoms with van der Waals surface area (Å²) in [7, 11) is 0. The summed E-state index contributed by atoms with van der Waals surface area (Å²) < 4.78 is 6.97. The van der Waals surface area contributed by atoms with E-state index in [0.717, 1.165) is 66.8 Å². The fourth-order valence-corrected chi connectivity index (χ4v) is 5.54. The largest absolute Gasteiger partial charge is 0.459 e. The normalized spacial score (nSPS) is 17.2. The third-order valence-corrected chi connectivity index (χ3v) is 7.43. The van der Waals surface area contributed by atoms with E-state index >= 15 is 0 Å². The van der Waals surface area contributed by atoms with Crippen molar-refractivity contribution in [3.05, 3.63) is 54.1 Å². The SMILES string of the molecule is CC(C)(C)OC(=O)Cn1cc(-c2ccc(-c3cncc(Cl)c3N3CCC4(CCNC4=O)CC3)cc2)cn1. The van der Waals surface area contributed by atoms with Gasteiger partial charge in [-0.1, -0.05) is 35.9 Å². The highest BCUT2D eigenvalue weighted by Crippen LogP contribution is 2.43. The smallest absolute Gasteiger partial charge is 0.328 e. The van der Waals surface area contributed by atoms with Crippen molar-refractivity contribution in [2.24, 2.45) is 5.41 Å². The average molecular weight is 522 g/mol. The average Bonchev–Trinajstić information content (AvgIpc) is 3.45. The fraction of sp³-hybridized carbons (Fsp3) is 0.429. The van der Waals surface area contributed by atoms with E-state index in [1.165, 1.54) is 0 Å². The molecule has 0 saturated carbocycles. The van der Waals surface area contributed by atoms with Crippen molar-refractivity contribution in [1.29, 1.82) is 0 Å². The van der Waals surface area contributed by atoms with Gasteiger partial charge >= 0.3 is 5.97 Å². The minimum atomic E-state index is -0.530. The van der Waals surface area contributed by atoms with Crippen LogP contribution in [0.3, 0.4) is 0 Å². The monoisotopic (exact) mass is 521 g/mol. The minimum absolute atomic E-state index is 0.0612. The van der Waals surface area contributed by atoms with Gasteiger partial charge in [-0.05, 0) is 51.2 Å². The van der Waals surface area contributed by atoms with E-state index in [4.69, 9.17) is 16.3 Å². The molecule has 1 aromatic carbocycles. The number of aromatic nitrogens is 3. The van der Waals surface area contributed by atoms with Gasteiger partial charge in [-0.15, -0.1) is 0 Å². The third kappa shape index (κ3) is 5.34. The van der Waals surface area contributed by atoms with Crippen LogP contribution in [0.2, 0.25) is 5.02 Å². The molecule has 1 spiro atoms. The summed E-state index contributed by atoms with van der Waals surface area (Å²) in [5.41, 5.74) is 4.07. The Balaban J connectivity index is 1.32. The number of hydrogen-bond acceptors (Lipinski definition) is 6. The lowest BCUT2D eigenvalue weighted by atomic mass is 9.77. The Morgan fingerprint density at radius 3 is 2.41 bits per heavy atom. The van der Waals surface area contributed by atoms with Gasteiger partial charge in [0.15, 0.2) is 0 Å². The molecule has 8 nitrogen and oxygen atoms in total. The topological polar surface area (TPSA) is 89.4 Å². The summed E-state index contributed by atoms with van der Waals surface area (Å²) >= 11 is 6.67. The Hall–Kier alpha value is -3.39. The fourth-order valence-electron chi connectivity index (χ4n) is 5.26. The molecule has 2 aromatic heterocycles. The lowest BCUT2D eigenvalue weighted by Crippen LogP contribution is -2.44. The van der Waals surface area contributed by atoms with E-state index in [1.807, 2.05) is 57.4 Å². The van der Waals surface area contributed by atoms with E-state index in [-0.39, 0.29) is 23.8 Å². The molecule has 0 unspecified atom stereocenters.